The van der Waals surface area contributed by atoms with E-state index in [1.165, 1.54) is 11.5 Å². The fourth-order valence-corrected chi connectivity index (χ4v) is 3.39. The quantitative estimate of drug-likeness (QED) is 0.858. The number of hydrogen-bond donors (Lipinski definition) is 0. The van der Waals surface area contributed by atoms with E-state index >= 15 is 0 Å². The number of hydrogen-bond acceptors (Lipinski definition) is 6. The van der Waals surface area contributed by atoms with E-state index in [-0.39, 0.29) is 0 Å². The zero-order valence-corrected chi connectivity index (χ0v) is 14.4. The number of pyridine rings is 1. The van der Waals surface area contributed by atoms with Crippen LogP contribution in [-0.2, 0) is 6.54 Å². The van der Waals surface area contributed by atoms with Gasteiger partial charge in [0, 0.05) is 56.4 Å². The summed E-state index contributed by atoms with van der Waals surface area (Å²) in [5, 5.41) is 1.73. The van der Waals surface area contributed by atoms with Gasteiger partial charge in [-0.05, 0) is 12.1 Å². The van der Waals surface area contributed by atoms with Crippen LogP contribution in [0.5, 0.6) is 0 Å². The molecule has 1 saturated heterocycles. The Kier molecular flexibility index (Phi) is 4.90. The Hall–Kier alpha value is -1.24. The Labute approximate surface area is 140 Å². The molecule has 0 unspecified atom stereocenters. The average Bonchev–Trinajstić information content (AvgIpc) is 3.00. The maximum absolute atomic E-state index is 5.87. The second-order valence-electron chi connectivity index (χ2n) is 5.82. The Morgan fingerprint density at radius 1 is 1.23 bits per heavy atom. The van der Waals surface area contributed by atoms with Gasteiger partial charge in [-0.2, -0.15) is 4.37 Å². The molecule has 2 aromatic rings. The molecular formula is C15H20ClN5S. The molecule has 0 aromatic carbocycles. The second kappa shape index (κ2) is 6.89. The number of halogens is 1. The lowest BCUT2D eigenvalue weighted by Crippen LogP contribution is -2.46. The summed E-state index contributed by atoms with van der Waals surface area (Å²) in [4.78, 5) is 13.7. The Morgan fingerprint density at radius 3 is 2.59 bits per heavy atom. The number of anilines is 1. The number of nitrogens with zero attached hydrogens (tertiary/aromatic N) is 5. The van der Waals surface area contributed by atoms with Crippen LogP contribution in [0.2, 0.25) is 5.02 Å². The van der Waals surface area contributed by atoms with Crippen molar-refractivity contribution in [1.82, 2.24) is 19.2 Å². The molecule has 3 rings (SSSR count). The van der Waals surface area contributed by atoms with Gasteiger partial charge < -0.3 is 4.90 Å². The van der Waals surface area contributed by atoms with Gasteiger partial charge in [0.2, 0.25) is 5.13 Å². The Bertz CT molecular complexity index is 605. The highest BCUT2D eigenvalue weighted by molar-refractivity contribution is 7.09. The Balaban J connectivity index is 1.54. The van der Waals surface area contributed by atoms with Crippen LogP contribution in [0.25, 0.3) is 0 Å². The monoisotopic (exact) mass is 337 g/mol. The van der Waals surface area contributed by atoms with E-state index in [1.54, 1.807) is 6.20 Å². The molecule has 0 aliphatic carbocycles. The van der Waals surface area contributed by atoms with Crippen LogP contribution in [0.15, 0.2) is 18.3 Å². The predicted molar refractivity (Wildman–Crippen MR) is 90.7 cm³/mol. The molecule has 0 spiro atoms. The molecule has 2 aromatic heterocycles. The standard InChI is InChI=1S/C15H20ClN5S/c1-11(2)14-18-15(22-19-14)21-7-5-20(6-8-21)10-13-4-3-12(16)9-17-13/h3-4,9,11H,5-8,10H2,1-2H3. The van der Waals surface area contributed by atoms with Crippen molar-refractivity contribution < 1.29 is 0 Å². The minimum atomic E-state index is 0.391. The molecule has 1 fully saturated rings. The first-order valence-electron chi connectivity index (χ1n) is 7.53. The molecule has 0 N–H and O–H groups in total. The summed E-state index contributed by atoms with van der Waals surface area (Å²) in [5.41, 5.74) is 1.07. The molecule has 0 bridgehead atoms. The molecule has 118 valence electrons. The fraction of sp³-hybridized carbons (Fsp3) is 0.533. The third kappa shape index (κ3) is 3.74. The molecule has 5 nitrogen and oxygen atoms in total. The summed E-state index contributed by atoms with van der Waals surface area (Å²) >= 11 is 7.38. The van der Waals surface area contributed by atoms with Crippen LogP contribution >= 0.6 is 23.1 Å². The van der Waals surface area contributed by atoms with Crippen molar-refractivity contribution >= 4 is 28.3 Å². The van der Waals surface area contributed by atoms with Gasteiger partial charge in [-0.1, -0.05) is 25.4 Å². The van der Waals surface area contributed by atoms with Gasteiger partial charge in [0.25, 0.3) is 0 Å². The third-order valence-electron chi connectivity index (χ3n) is 3.76. The second-order valence-corrected chi connectivity index (χ2v) is 6.99. The molecule has 3 heterocycles. The van der Waals surface area contributed by atoms with E-state index in [1.807, 2.05) is 12.1 Å². The maximum atomic E-state index is 5.87. The van der Waals surface area contributed by atoms with E-state index in [4.69, 9.17) is 11.6 Å². The van der Waals surface area contributed by atoms with Gasteiger partial charge in [0.15, 0.2) is 0 Å². The minimum absolute atomic E-state index is 0.391. The van der Waals surface area contributed by atoms with Crippen molar-refractivity contribution in [2.75, 3.05) is 31.1 Å². The van der Waals surface area contributed by atoms with Crippen molar-refractivity contribution in [1.29, 1.82) is 0 Å². The molecule has 22 heavy (non-hydrogen) atoms. The largest absolute Gasteiger partial charge is 0.344 e. The molecular weight excluding hydrogens is 318 g/mol. The lowest BCUT2D eigenvalue weighted by molar-refractivity contribution is 0.247. The van der Waals surface area contributed by atoms with Crippen molar-refractivity contribution in [2.45, 2.75) is 26.3 Å². The first-order chi connectivity index (χ1) is 10.6. The van der Waals surface area contributed by atoms with E-state index in [2.05, 4.69) is 38.0 Å². The first kappa shape index (κ1) is 15.6. The number of rotatable bonds is 4. The summed E-state index contributed by atoms with van der Waals surface area (Å²) in [6.07, 6.45) is 1.71. The van der Waals surface area contributed by atoms with Crippen LogP contribution in [-0.4, -0.2) is 45.4 Å². The smallest absolute Gasteiger partial charge is 0.205 e. The van der Waals surface area contributed by atoms with Gasteiger partial charge in [-0.25, -0.2) is 4.98 Å². The highest BCUT2D eigenvalue weighted by Gasteiger charge is 2.20. The van der Waals surface area contributed by atoms with Crippen molar-refractivity contribution in [3.8, 4) is 0 Å². The highest BCUT2D eigenvalue weighted by atomic mass is 35.5. The SMILES string of the molecule is CC(C)c1nsc(N2CCN(Cc3ccc(Cl)cn3)CC2)n1. The number of aromatic nitrogens is 3. The van der Waals surface area contributed by atoms with Crippen LogP contribution in [0, 0.1) is 0 Å². The summed E-state index contributed by atoms with van der Waals surface area (Å²) < 4.78 is 4.44. The van der Waals surface area contributed by atoms with Gasteiger partial charge in [-0.3, -0.25) is 9.88 Å². The highest BCUT2D eigenvalue weighted by Crippen LogP contribution is 2.22. The molecule has 0 atom stereocenters. The summed E-state index contributed by atoms with van der Waals surface area (Å²) in [6, 6.07) is 3.89. The molecule has 0 amide bonds. The molecule has 1 aliphatic rings. The summed E-state index contributed by atoms with van der Waals surface area (Å²) in [6.45, 7) is 9.13. The minimum Gasteiger partial charge on any atom is -0.344 e. The predicted octanol–water partition coefficient (Wildman–Crippen LogP) is 3.03. The van der Waals surface area contributed by atoms with Crippen LogP contribution in [0.4, 0.5) is 5.13 Å². The van der Waals surface area contributed by atoms with Gasteiger partial charge in [0.05, 0.1) is 10.7 Å². The zero-order valence-electron chi connectivity index (χ0n) is 12.9. The topological polar surface area (TPSA) is 45.2 Å². The van der Waals surface area contributed by atoms with E-state index in [0.717, 1.165) is 49.4 Å². The van der Waals surface area contributed by atoms with Gasteiger partial charge >= 0.3 is 0 Å². The van der Waals surface area contributed by atoms with Gasteiger partial charge in [0.1, 0.15) is 5.82 Å². The van der Waals surface area contributed by atoms with E-state index < -0.39 is 0 Å². The van der Waals surface area contributed by atoms with Gasteiger partial charge in [-0.15, -0.1) is 0 Å². The third-order valence-corrected chi connectivity index (χ3v) is 4.78. The maximum Gasteiger partial charge on any atom is 0.205 e. The fourth-order valence-electron chi connectivity index (χ4n) is 2.42. The lowest BCUT2D eigenvalue weighted by Gasteiger charge is -2.34. The summed E-state index contributed by atoms with van der Waals surface area (Å²) in [5.74, 6) is 1.34. The van der Waals surface area contributed by atoms with E-state index in [0.29, 0.717) is 10.9 Å². The van der Waals surface area contributed by atoms with Crippen LogP contribution in [0.3, 0.4) is 0 Å². The Morgan fingerprint density at radius 2 is 2.00 bits per heavy atom. The summed E-state index contributed by atoms with van der Waals surface area (Å²) in [7, 11) is 0. The van der Waals surface area contributed by atoms with Crippen molar-refractivity contribution in [2.24, 2.45) is 0 Å². The lowest BCUT2D eigenvalue weighted by atomic mass is 10.2. The molecule has 7 heteroatoms. The first-order valence-corrected chi connectivity index (χ1v) is 8.68. The molecule has 1 aliphatic heterocycles. The molecule has 0 saturated carbocycles. The number of piperazine rings is 1. The average molecular weight is 338 g/mol. The van der Waals surface area contributed by atoms with Crippen LogP contribution in [0.1, 0.15) is 31.3 Å². The molecule has 0 radical (unpaired) electrons. The van der Waals surface area contributed by atoms with Crippen molar-refractivity contribution in [3.63, 3.8) is 0 Å². The normalized spacial score (nSPS) is 16.5. The van der Waals surface area contributed by atoms with Crippen LogP contribution < -0.4 is 4.90 Å². The zero-order chi connectivity index (χ0) is 15.5. The van der Waals surface area contributed by atoms with Crippen molar-refractivity contribution in [3.05, 3.63) is 34.9 Å². The van der Waals surface area contributed by atoms with E-state index in [9.17, 15) is 0 Å².